The van der Waals surface area contributed by atoms with Crippen LogP contribution in [0.2, 0.25) is 0 Å². The van der Waals surface area contributed by atoms with E-state index in [1.807, 2.05) is 30.3 Å². The number of benzene rings is 2. The number of anilines is 3. The van der Waals surface area contributed by atoms with Crippen molar-refractivity contribution in [1.82, 2.24) is 9.97 Å². The first kappa shape index (κ1) is 17.6. The van der Waals surface area contributed by atoms with Crippen LogP contribution in [0.1, 0.15) is 5.56 Å². The van der Waals surface area contributed by atoms with E-state index in [0.717, 1.165) is 16.6 Å². The summed E-state index contributed by atoms with van der Waals surface area (Å²) in [7, 11) is 0. The summed E-state index contributed by atoms with van der Waals surface area (Å²) in [6.45, 7) is 0. The number of halogens is 1. The highest BCUT2D eigenvalue weighted by Gasteiger charge is 2.07. The van der Waals surface area contributed by atoms with Gasteiger partial charge in [-0.05, 0) is 42.0 Å². The molecule has 1 amide bonds. The standard InChI is InChI=1S/C22H17FN4O/c23-17-7-1-4-15(12-17)13-21(28)26-18-9-10-20(25-14-18)27-19-8-2-5-16-6-3-11-24-22(16)19/h1-12,14H,13H2,(H,25,27)(H,26,28). The van der Waals surface area contributed by atoms with Gasteiger partial charge in [0.2, 0.25) is 5.91 Å². The molecule has 0 aliphatic carbocycles. The Morgan fingerprint density at radius 1 is 0.964 bits per heavy atom. The van der Waals surface area contributed by atoms with Gasteiger partial charge in [-0.3, -0.25) is 9.78 Å². The van der Waals surface area contributed by atoms with E-state index in [2.05, 4.69) is 20.6 Å². The van der Waals surface area contributed by atoms with Crippen LogP contribution in [0.3, 0.4) is 0 Å². The van der Waals surface area contributed by atoms with E-state index in [-0.39, 0.29) is 18.1 Å². The Labute approximate surface area is 161 Å². The second-order valence-electron chi connectivity index (χ2n) is 6.29. The molecule has 0 unspecified atom stereocenters. The predicted molar refractivity (Wildman–Crippen MR) is 108 cm³/mol. The molecule has 4 aromatic rings. The van der Waals surface area contributed by atoms with Crippen molar-refractivity contribution in [3.63, 3.8) is 0 Å². The Bertz CT molecular complexity index is 1120. The average molecular weight is 372 g/mol. The van der Waals surface area contributed by atoms with E-state index in [1.54, 1.807) is 36.7 Å². The molecule has 0 atom stereocenters. The quantitative estimate of drug-likeness (QED) is 0.533. The zero-order valence-electron chi connectivity index (χ0n) is 14.9. The second-order valence-corrected chi connectivity index (χ2v) is 6.29. The fourth-order valence-electron chi connectivity index (χ4n) is 2.92. The van der Waals surface area contributed by atoms with E-state index in [0.29, 0.717) is 17.1 Å². The van der Waals surface area contributed by atoms with Crippen molar-refractivity contribution in [3.05, 3.63) is 90.5 Å². The Morgan fingerprint density at radius 3 is 2.64 bits per heavy atom. The summed E-state index contributed by atoms with van der Waals surface area (Å²) in [6, 6.07) is 19.3. The van der Waals surface area contributed by atoms with Gasteiger partial charge in [0.15, 0.2) is 0 Å². The Morgan fingerprint density at radius 2 is 1.82 bits per heavy atom. The molecular formula is C22H17FN4O. The summed E-state index contributed by atoms with van der Waals surface area (Å²) in [4.78, 5) is 20.9. The number of aromatic nitrogens is 2. The SMILES string of the molecule is O=C(Cc1cccc(F)c1)Nc1ccc(Nc2cccc3cccnc23)nc1. The number of hydrogen-bond donors (Lipinski definition) is 2. The molecular weight excluding hydrogens is 355 g/mol. The number of pyridine rings is 2. The van der Waals surface area contributed by atoms with Crippen molar-refractivity contribution in [2.75, 3.05) is 10.6 Å². The van der Waals surface area contributed by atoms with Crippen molar-refractivity contribution >= 4 is 34.0 Å². The van der Waals surface area contributed by atoms with Crippen LogP contribution in [0.4, 0.5) is 21.6 Å². The molecule has 6 heteroatoms. The van der Waals surface area contributed by atoms with Crippen LogP contribution in [0, 0.1) is 5.82 Å². The lowest BCUT2D eigenvalue weighted by Crippen LogP contribution is -2.14. The van der Waals surface area contributed by atoms with Crippen LogP contribution in [0.25, 0.3) is 10.9 Å². The molecule has 5 nitrogen and oxygen atoms in total. The first-order chi connectivity index (χ1) is 13.7. The molecule has 28 heavy (non-hydrogen) atoms. The van der Waals surface area contributed by atoms with Gasteiger partial charge in [-0.2, -0.15) is 0 Å². The third-order valence-electron chi connectivity index (χ3n) is 4.20. The summed E-state index contributed by atoms with van der Waals surface area (Å²) >= 11 is 0. The number of carbonyl (C=O) groups excluding carboxylic acids is 1. The number of fused-ring (bicyclic) bond motifs is 1. The number of nitrogens with zero attached hydrogens (tertiary/aromatic N) is 2. The summed E-state index contributed by atoms with van der Waals surface area (Å²) in [5.41, 5.74) is 2.91. The number of carbonyl (C=O) groups is 1. The molecule has 2 aromatic heterocycles. The maximum atomic E-state index is 13.2. The highest BCUT2D eigenvalue weighted by atomic mass is 19.1. The molecule has 0 fully saturated rings. The summed E-state index contributed by atoms with van der Waals surface area (Å²) < 4.78 is 13.2. The van der Waals surface area contributed by atoms with Crippen LogP contribution < -0.4 is 10.6 Å². The second kappa shape index (κ2) is 7.84. The third-order valence-corrected chi connectivity index (χ3v) is 4.20. The van der Waals surface area contributed by atoms with E-state index >= 15 is 0 Å². The van der Waals surface area contributed by atoms with Crippen molar-refractivity contribution < 1.29 is 9.18 Å². The minimum absolute atomic E-state index is 0.0967. The number of hydrogen-bond acceptors (Lipinski definition) is 4. The van der Waals surface area contributed by atoms with Gasteiger partial charge in [0.25, 0.3) is 0 Å². The number of para-hydroxylation sites is 1. The van der Waals surface area contributed by atoms with Crippen LogP contribution in [0.5, 0.6) is 0 Å². The van der Waals surface area contributed by atoms with Gasteiger partial charge in [-0.25, -0.2) is 9.37 Å². The predicted octanol–water partition coefficient (Wildman–Crippen LogP) is 4.69. The summed E-state index contributed by atoms with van der Waals surface area (Å²) in [5, 5.41) is 7.05. The lowest BCUT2D eigenvalue weighted by molar-refractivity contribution is -0.115. The molecule has 0 saturated heterocycles. The first-order valence-corrected chi connectivity index (χ1v) is 8.78. The highest BCUT2D eigenvalue weighted by molar-refractivity contribution is 5.93. The largest absolute Gasteiger partial charge is 0.338 e. The molecule has 0 spiro atoms. The van der Waals surface area contributed by atoms with Crippen LogP contribution in [-0.4, -0.2) is 15.9 Å². The molecule has 0 bridgehead atoms. The Hall–Kier alpha value is -3.80. The highest BCUT2D eigenvalue weighted by Crippen LogP contribution is 2.24. The van der Waals surface area contributed by atoms with E-state index < -0.39 is 0 Å². The lowest BCUT2D eigenvalue weighted by atomic mass is 10.1. The van der Waals surface area contributed by atoms with Crippen LogP contribution >= 0.6 is 0 Å². The minimum Gasteiger partial charge on any atom is -0.338 e. The molecule has 4 rings (SSSR count). The molecule has 2 N–H and O–H groups in total. The number of amides is 1. The van der Waals surface area contributed by atoms with E-state index in [4.69, 9.17) is 0 Å². The minimum atomic E-state index is -0.356. The fourth-order valence-corrected chi connectivity index (χ4v) is 2.92. The normalized spacial score (nSPS) is 10.6. The Kier molecular flexibility index (Phi) is 4.93. The smallest absolute Gasteiger partial charge is 0.228 e. The van der Waals surface area contributed by atoms with Crippen molar-refractivity contribution in [1.29, 1.82) is 0 Å². The molecule has 0 aliphatic rings. The van der Waals surface area contributed by atoms with Crippen molar-refractivity contribution in [3.8, 4) is 0 Å². The molecule has 0 aliphatic heterocycles. The summed E-state index contributed by atoms with van der Waals surface area (Å²) in [6.07, 6.45) is 3.42. The van der Waals surface area contributed by atoms with Gasteiger partial charge in [0.1, 0.15) is 11.6 Å². The van der Waals surface area contributed by atoms with Crippen molar-refractivity contribution in [2.24, 2.45) is 0 Å². The molecule has 138 valence electrons. The Balaban J connectivity index is 1.43. The topological polar surface area (TPSA) is 66.9 Å². The van der Waals surface area contributed by atoms with Gasteiger partial charge in [-0.15, -0.1) is 0 Å². The number of rotatable bonds is 5. The first-order valence-electron chi connectivity index (χ1n) is 8.78. The van der Waals surface area contributed by atoms with E-state index in [9.17, 15) is 9.18 Å². The molecule has 0 saturated carbocycles. The fraction of sp³-hybridized carbons (Fsp3) is 0.0455. The van der Waals surface area contributed by atoms with Crippen LogP contribution in [-0.2, 0) is 11.2 Å². The maximum absolute atomic E-state index is 13.2. The van der Waals surface area contributed by atoms with E-state index in [1.165, 1.54) is 12.1 Å². The van der Waals surface area contributed by atoms with Gasteiger partial charge >= 0.3 is 0 Å². The van der Waals surface area contributed by atoms with Gasteiger partial charge in [0, 0.05) is 11.6 Å². The molecule has 0 radical (unpaired) electrons. The average Bonchev–Trinajstić information content (AvgIpc) is 2.70. The van der Waals surface area contributed by atoms with Crippen molar-refractivity contribution in [2.45, 2.75) is 6.42 Å². The maximum Gasteiger partial charge on any atom is 0.228 e. The monoisotopic (exact) mass is 372 g/mol. The van der Waals surface area contributed by atoms with Gasteiger partial charge in [-0.1, -0.05) is 30.3 Å². The zero-order valence-corrected chi connectivity index (χ0v) is 14.9. The number of nitrogens with one attached hydrogen (secondary N) is 2. The molecule has 2 aromatic carbocycles. The zero-order chi connectivity index (χ0) is 19.3. The van der Waals surface area contributed by atoms with Gasteiger partial charge in [0.05, 0.1) is 29.5 Å². The van der Waals surface area contributed by atoms with Gasteiger partial charge < -0.3 is 10.6 Å². The summed E-state index contributed by atoms with van der Waals surface area (Å²) in [5.74, 6) is 0.0537. The third kappa shape index (κ3) is 4.12. The van der Waals surface area contributed by atoms with Crippen LogP contribution in [0.15, 0.2) is 79.1 Å². The molecule has 2 heterocycles. The lowest BCUT2D eigenvalue weighted by Gasteiger charge is -2.09.